The van der Waals surface area contributed by atoms with Crippen molar-refractivity contribution in [2.45, 2.75) is 13.8 Å². The molecule has 0 unspecified atom stereocenters. The van der Waals surface area contributed by atoms with E-state index in [2.05, 4.69) is 0 Å². The van der Waals surface area contributed by atoms with Gasteiger partial charge in [0.25, 0.3) is 11.9 Å². The van der Waals surface area contributed by atoms with Crippen LogP contribution in [0.3, 0.4) is 0 Å². The van der Waals surface area contributed by atoms with Crippen LogP contribution in [0.25, 0.3) is 0 Å². The van der Waals surface area contributed by atoms with Crippen molar-refractivity contribution in [2.75, 3.05) is 0 Å². The fourth-order valence-corrected chi connectivity index (χ4v) is 0. The van der Waals surface area contributed by atoms with Gasteiger partial charge in [0.2, 0.25) is 0 Å². The Morgan fingerprint density at radius 2 is 0.833 bits per heavy atom. The van der Waals surface area contributed by atoms with Gasteiger partial charge in [-0.1, -0.05) is 0 Å². The molecule has 0 amide bonds. The molecule has 1 radical (unpaired) electrons. The molecule has 0 spiro atoms. The molecule has 0 heterocycles. The number of carboxylic acid groups (broad SMARTS) is 2. The summed E-state index contributed by atoms with van der Waals surface area (Å²) in [5, 5.41) is 14.8. The first-order chi connectivity index (χ1) is 3.46. The summed E-state index contributed by atoms with van der Waals surface area (Å²) < 4.78 is 0. The number of aliphatic carboxylic acids is 2. The van der Waals surface area contributed by atoms with E-state index in [0.29, 0.717) is 0 Å². The van der Waals surface area contributed by atoms with Gasteiger partial charge in [-0.3, -0.25) is 9.59 Å². The van der Waals surface area contributed by atoms with Gasteiger partial charge in [0.05, 0.1) is 0 Å². The zero-order valence-electron chi connectivity index (χ0n) is 6.54. The Morgan fingerprint density at radius 3 is 0.833 bits per heavy atom. The van der Waals surface area contributed by atoms with E-state index in [1.54, 1.807) is 0 Å². The first kappa shape index (κ1) is 42.6. The first-order valence-electron chi connectivity index (χ1n) is 1.86. The average molecular weight is 233 g/mol. The van der Waals surface area contributed by atoms with Crippen molar-refractivity contribution in [3.8, 4) is 0 Å². The van der Waals surface area contributed by atoms with E-state index in [9.17, 15) is 0 Å². The van der Waals surface area contributed by atoms with E-state index < -0.39 is 11.9 Å². The van der Waals surface area contributed by atoms with E-state index in [4.69, 9.17) is 19.8 Å². The van der Waals surface area contributed by atoms with Crippen LogP contribution >= 0.6 is 0 Å². The maximum atomic E-state index is 9.00. The van der Waals surface area contributed by atoms with E-state index in [0.717, 1.165) is 13.8 Å². The Labute approximate surface area is 79.5 Å². The van der Waals surface area contributed by atoms with Crippen molar-refractivity contribution in [3.63, 3.8) is 0 Å². The van der Waals surface area contributed by atoms with Crippen LogP contribution in [0.5, 0.6) is 0 Å². The van der Waals surface area contributed by atoms with Gasteiger partial charge in [-0.15, -0.1) is 0 Å². The summed E-state index contributed by atoms with van der Waals surface area (Å²) in [5.74, 6) is -1.67. The summed E-state index contributed by atoms with van der Waals surface area (Å²) in [6.45, 7) is 2.17. The molecule has 0 aliphatic heterocycles. The third kappa shape index (κ3) is 1430. The molecule has 0 aromatic heterocycles. The van der Waals surface area contributed by atoms with E-state index in [-0.39, 0.29) is 33.2 Å². The SMILES string of the molecule is CC(=O)O.CC(=O)O.O.O.O.[Co]. The molecular weight excluding hydrogens is 219 g/mol. The number of carbonyl (C=O) groups is 2. The van der Waals surface area contributed by atoms with E-state index >= 15 is 0 Å². The van der Waals surface area contributed by atoms with Crippen molar-refractivity contribution >= 4 is 11.9 Å². The van der Waals surface area contributed by atoms with Crippen molar-refractivity contribution in [3.05, 3.63) is 0 Å². The molecule has 0 saturated heterocycles. The Kier molecular flexibility index (Phi) is 112. The van der Waals surface area contributed by atoms with Gasteiger partial charge in [-0.25, -0.2) is 0 Å². The summed E-state index contributed by atoms with van der Waals surface area (Å²) in [7, 11) is 0. The van der Waals surface area contributed by atoms with Crippen LogP contribution in [0, 0.1) is 0 Å². The number of rotatable bonds is 0. The number of hydrogen-bond acceptors (Lipinski definition) is 2. The van der Waals surface area contributed by atoms with Crippen molar-refractivity contribution in [1.82, 2.24) is 0 Å². The third-order valence-electron chi connectivity index (χ3n) is 0. The second kappa shape index (κ2) is 31.7. The van der Waals surface area contributed by atoms with Crippen molar-refractivity contribution < 1.29 is 53.0 Å². The molecule has 0 aromatic carbocycles. The van der Waals surface area contributed by atoms with Crippen LogP contribution in [0.1, 0.15) is 13.8 Å². The molecule has 0 fully saturated rings. The largest absolute Gasteiger partial charge is 0.481 e. The average Bonchev–Trinajstić information content (AvgIpc) is 1.25. The molecule has 7 nitrogen and oxygen atoms in total. The number of carboxylic acids is 2. The van der Waals surface area contributed by atoms with Gasteiger partial charge in [0.15, 0.2) is 0 Å². The first-order valence-corrected chi connectivity index (χ1v) is 1.86. The van der Waals surface area contributed by atoms with Gasteiger partial charge in [-0.05, 0) is 0 Å². The molecule has 8 N–H and O–H groups in total. The van der Waals surface area contributed by atoms with E-state index in [1.807, 2.05) is 0 Å². The molecule has 0 saturated carbocycles. The van der Waals surface area contributed by atoms with Crippen LogP contribution in [0.2, 0.25) is 0 Å². The summed E-state index contributed by atoms with van der Waals surface area (Å²) in [4.78, 5) is 18.0. The molecular formula is C4H14CoO7. The summed E-state index contributed by atoms with van der Waals surface area (Å²) >= 11 is 0. The maximum absolute atomic E-state index is 9.00. The predicted molar refractivity (Wildman–Crippen MR) is 37.5 cm³/mol. The standard InChI is InChI=1S/2C2H4O2.Co.3H2O/c2*1-2(3)4;;;;/h2*1H3,(H,3,4);;3*1H2. The Balaban J connectivity index is -0.0000000112. The minimum absolute atomic E-state index is 0. The zero-order chi connectivity index (χ0) is 7.15. The van der Waals surface area contributed by atoms with Crippen LogP contribution in [-0.2, 0) is 26.4 Å². The zero-order valence-corrected chi connectivity index (χ0v) is 7.59. The minimum atomic E-state index is -0.833. The quantitative estimate of drug-likeness (QED) is 0.479. The molecule has 0 rings (SSSR count). The van der Waals surface area contributed by atoms with E-state index in [1.165, 1.54) is 0 Å². The number of hydrogen-bond donors (Lipinski definition) is 2. The maximum Gasteiger partial charge on any atom is 0.300 e. The Hall–Kier alpha value is -0.674. The second-order valence-corrected chi connectivity index (χ2v) is 1.04. The Bertz CT molecular complexity index is 73.4. The third-order valence-corrected chi connectivity index (χ3v) is 0. The van der Waals surface area contributed by atoms with Crippen LogP contribution < -0.4 is 0 Å². The molecule has 0 atom stereocenters. The van der Waals surface area contributed by atoms with Crippen LogP contribution in [0.15, 0.2) is 0 Å². The summed E-state index contributed by atoms with van der Waals surface area (Å²) in [6, 6.07) is 0. The topological polar surface area (TPSA) is 169 Å². The van der Waals surface area contributed by atoms with Crippen molar-refractivity contribution in [1.29, 1.82) is 0 Å². The minimum Gasteiger partial charge on any atom is -0.481 e. The van der Waals surface area contributed by atoms with Crippen molar-refractivity contribution in [2.24, 2.45) is 0 Å². The van der Waals surface area contributed by atoms with Gasteiger partial charge in [0, 0.05) is 30.6 Å². The fourth-order valence-electron chi connectivity index (χ4n) is 0. The second-order valence-electron chi connectivity index (χ2n) is 1.04. The van der Waals surface area contributed by atoms with Gasteiger partial charge in [0.1, 0.15) is 0 Å². The van der Waals surface area contributed by atoms with Gasteiger partial charge >= 0.3 is 0 Å². The summed E-state index contributed by atoms with van der Waals surface area (Å²) in [5.41, 5.74) is 0. The molecule has 0 aromatic rings. The fraction of sp³-hybridized carbons (Fsp3) is 0.500. The molecule has 81 valence electrons. The normalized spacial score (nSPS) is 4.17. The monoisotopic (exact) mass is 233 g/mol. The predicted octanol–water partition coefficient (Wildman–Crippen LogP) is -2.29. The molecule has 0 aliphatic rings. The molecule has 0 bridgehead atoms. The van der Waals surface area contributed by atoms with Crippen LogP contribution in [-0.4, -0.2) is 38.6 Å². The molecule has 0 aliphatic carbocycles. The molecule has 8 heteroatoms. The van der Waals surface area contributed by atoms with Gasteiger partial charge in [-0.2, -0.15) is 0 Å². The van der Waals surface area contributed by atoms with Gasteiger partial charge < -0.3 is 26.6 Å². The smallest absolute Gasteiger partial charge is 0.300 e. The molecule has 12 heavy (non-hydrogen) atoms. The van der Waals surface area contributed by atoms with Crippen LogP contribution in [0.4, 0.5) is 0 Å². The summed E-state index contributed by atoms with van der Waals surface area (Å²) in [6.07, 6.45) is 0. The Morgan fingerprint density at radius 1 is 0.833 bits per heavy atom.